The highest BCUT2D eigenvalue weighted by Gasteiger charge is 2.17. The first kappa shape index (κ1) is 25.9. The number of carboxylic acid groups (broad SMARTS) is 1. The number of rotatable bonds is 8. The van der Waals surface area contributed by atoms with Gasteiger partial charge in [-0.3, -0.25) is 9.48 Å². The summed E-state index contributed by atoms with van der Waals surface area (Å²) in [5.41, 5.74) is 9.56. The summed E-state index contributed by atoms with van der Waals surface area (Å²) < 4.78 is 22.8. The molecule has 1 aromatic heterocycles. The zero-order valence-electron chi connectivity index (χ0n) is 20.6. The highest BCUT2D eigenvalue weighted by atomic mass is 19.1. The van der Waals surface area contributed by atoms with E-state index >= 15 is 0 Å². The fraction of sp³-hybridized carbons (Fsp3) is 0.286. The lowest BCUT2D eigenvalue weighted by molar-refractivity contribution is -0.136. The standard InChI is InChI=1S/C26H26FN3O3.C2H6/c1-16(2)30-23-11-10-17(20-8-5-7-19(14-28)26(20)27)12-21(23)22(29-30)15-33-24-9-4-3-6-18(24)13-25(31)32;1-2/h3-12,16H,13-15,28H2,1-2H3,(H,31,32);1-2H3. The molecule has 3 N–H and O–H groups in total. The van der Waals surface area contributed by atoms with E-state index in [1.165, 1.54) is 0 Å². The van der Waals surface area contributed by atoms with Crippen molar-refractivity contribution in [1.82, 2.24) is 9.78 Å². The molecule has 0 bridgehead atoms. The second-order valence-corrected chi connectivity index (χ2v) is 8.17. The van der Waals surface area contributed by atoms with Gasteiger partial charge in [0.2, 0.25) is 0 Å². The minimum Gasteiger partial charge on any atom is -0.487 e. The van der Waals surface area contributed by atoms with E-state index in [0.717, 1.165) is 16.5 Å². The second kappa shape index (κ2) is 11.6. The van der Waals surface area contributed by atoms with E-state index in [0.29, 0.717) is 28.1 Å². The quantitative estimate of drug-likeness (QED) is 0.319. The molecule has 3 aromatic carbocycles. The number of ether oxygens (including phenoxy) is 1. The molecule has 0 aliphatic carbocycles. The number of fused-ring (bicyclic) bond motifs is 1. The first-order valence-corrected chi connectivity index (χ1v) is 11.8. The summed E-state index contributed by atoms with van der Waals surface area (Å²) in [6.45, 7) is 8.36. The van der Waals surface area contributed by atoms with Crippen molar-refractivity contribution in [2.45, 2.75) is 53.3 Å². The fourth-order valence-corrected chi connectivity index (χ4v) is 3.93. The molecule has 0 amide bonds. The lowest BCUT2D eigenvalue weighted by Gasteiger charge is -2.10. The number of halogens is 1. The molecule has 1 heterocycles. The van der Waals surface area contributed by atoms with Crippen LogP contribution in [0.4, 0.5) is 4.39 Å². The Kier molecular flexibility index (Phi) is 8.60. The Hall–Kier alpha value is -3.71. The molecule has 7 heteroatoms. The van der Waals surface area contributed by atoms with Gasteiger partial charge in [0, 0.05) is 34.7 Å². The fourth-order valence-electron chi connectivity index (χ4n) is 3.93. The Bertz CT molecular complexity index is 1310. The summed E-state index contributed by atoms with van der Waals surface area (Å²) in [6.07, 6.45) is -0.127. The van der Waals surface area contributed by atoms with Gasteiger partial charge in [-0.05, 0) is 37.6 Å². The topological polar surface area (TPSA) is 90.4 Å². The number of nitrogens with two attached hydrogens (primary N) is 1. The number of carboxylic acids is 1. The molecule has 6 nitrogen and oxygen atoms in total. The number of aliphatic carboxylic acids is 1. The maximum absolute atomic E-state index is 14.9. The molecule has 4 rings (SSSR count). The van der Waals surface area contributed by atoms with Crippen LogP contribution in [0.2, 0.25) is 0 Å². The van der Waals surface area contributed by atoms with Gasteiger partial charge < -0.3 is 15.6 Å². The van der Waals surface area contributed by atoms with Gasteiger partial charge in [0.15, 0.2) is 0 Å². The van der Waals surface area contributed by atoms with Gasteiger partial charge in [-0.15, -0.1) is 0 Å². The lowest BCUT2D eigenvalue weighted by atomic mass is 10.00. The zero-order valence-corrected chi connectivity index (χ0v) is 20.6. The summed E-state index contributed by atoms with van der Waals surface area (Å²) in [7, 11) is 0. The maximum atomic E-state index is 14.9. The van der Waals surface area contributed by atoms with Crippen molar-refractivity contribution in [3.8, 4) is 16.9 Å². The van der Waals surface area contributed by atoms with Crippen LogP contribution >= 0.6 is 0 Å². The number of aromatic nitrogens is 2. The number of para-hydroxylation sites is 1. The van der Waals surface area contributed by atoms with Gasteiger partial charge in [-0.2, -0.15) is 5.10 Å². The third-order valence-electron chi connectivity index (χ3n) is 5.56. The van der Waals surface area contributed by atoms with Crippen LogP contribution in [0.1, 0.15) is 50.6 Å². The Morgan fingerprint density at radius 1 is 1.09 bits per heavy atom. The number of hydrogen-bond donors (Lipinski definition) is 2. The average Bonchev–Trinajstić information content (AvgIpc) is 3.23. The predicted molar refractivity (Wildman–Crippen MR) is 137 cm³/mol. The molecule has 0 saturated heterocycles. The Balaban J connectivity index is 0.00000167. The zero-order chi connectivity index (χ0) is 25.5. The van der Waals surface area contributed by atoms with Gasteiger partial charge in [0.25, 0.3) is 0 Å². The molecule has 4 aromatic rings. The van der Waals surface area contributed by atoms with Crippen molar-refractivity contribution < 1.29 is 19.0 Å². The van der Waals surface area contributed by atoms with Crippen LogP contribution in [0, 0.1) is 5.82 Å². The molecule has 0 spiro atoms. The number of nitrogens with zero attached hydrogens (tertiary/aromatic N) is 2. The largest absolute Gasteiger partial charge is 0.487 e. The third-order valence-corrected chi connectivity index (χ3v) is 5.56. The molecule has 35 heavy (non-hydrogen) atoms. The highest BCUT2D eigenvalue weighted by Crippen LogP contribution is 2.31. The smallest absolute Gasteiger partial charge is 0.307 e. The van der Waals surface area contributed by atoms with Crippen molar-refractivity contribution in [1.29, 1.82) is 0 Å². The SMILES string of the molecule is CC.CC(C)n1nc(COc2ccccc2CC(=O)O)c2cc(-c3cccc(CN)c3F)ccc21. The minimum atomic E-state index is -0.924. The molecular weight excluding hydrogens is 445 g/mol. The monoisotopic (exact) mass is 477 g/mol. The minimum absolute atomic E-state index is 0.115. The van der Waals surface area contributed by atoms with Crippen LogP contribution in [-0.4, -0.2) is 20.9 Å². The van der Waals surface area contributed by atoms with Crippen molar-refractivity contribution in [2.24, 2.45) is 5.73 Å². The number of benzene rings is 3. The number of hydrogen-bond acceptors (Lipinski definition) is 4. The van der Waals surface area contributed by atoms with Crippen molar-refractivity contribution in [2.75, 3.05) is 0 Å². The summed E-state index contributed by atoms with van der Waals surface area (Å²) in [5.74, 6) is -0.743. The molecule has 184 valence electrons. The van der Waals surface area contributed by atoms with Crippen LogP contribution in [0.3, 0.4) is 0 Å². The first-order chi connectivity index (χ1) is 16.9. The molecule has 0 radical (unpaired) electrons. The van der Waals surface area contributed by atoms with E-state index in [9.17, 15) is 14.3 Å². The van der Waals surface area contributed by atoms with E-state index in [1.54, 1.807) is 42.5 Å². The molecule has 0 aliphatic heterocycles. The van der Waals surface area contributed by atoms with Gasteiger partial charge in [0.1, 0.15) is 23.9 Å². The Morgan fingerprint density at radius 2 is 1.80 bits per heavy atom. The van der Waals surface area contributed by atoms with Crippen LogP contribution < -0.4 is 10.5 Å². The van der Waals surface area contributed by atoms with E-state index in [1.807, 2.05) is 50.6 Å². The van der Waals surface area contributed by atoms with Gasteiger partial charge in [0.05, 0.1) is 11.9 Å². The molecule has 0 unspecified atom stereocenters. The molecular formula is C28H32FN3O3. The second-order valence-electron chi connectivity index (χ2n) is 8.17. The van der Waals surface area contributed by atoms with Crippen LogP contribution in [0.25, 0.3) is 22.0 Å². The lowest BCUT2D eigenvalue weighted by Crippen LogP contribution is -2.06. The van der Waals surface area contributed by atoms with Crippen molar-refractivity contribution >= 4 is 16.9 Å². The van der Waals surface area contributed by atoms with Crippen molar-refractivity contribution in [3.63, 3.8) is 0 Å². The molecule has 0 atom stereocenters. The molecule has 0 fully saturated rings. The number of carbonyl (C=O) groups is 1. The molecule has 0 aliphatic rings. The first-order valence-electron chi connectivity index (χ1n) is 11.8. The summed E-state index contributed by atoms with van der Waals surface area (Å²) in [6, 6.07) is 18.1. The van der Waals surface area contributed by atoms with Crippen molar-refractivity contribution in [3.05, 3.63) is 83.3 Å². The van der Waals surface area contributed by atoms with E-state index in [2.05, 4.69) is 0 Å². The Morgan fingerprint density at radius 3 is 2.49 bits per heavy atom. The summed E-state index contributed by atoms with van der Waals surface area (Å²) in [4.78, 5) is 11.2. The van der Waals surface area contributed by atoms with Gasteiger partial charge in [-0.25, -0.2) is 4.39 Å². The summed E-state index contributed by atoms with van der Waals surface area (Å²) >= 11 is 0. The predicted octanol–water partition coefficient (Wildman–Crippen LogP) is 6.11. The normalized spacial score (nSPS) is 10.8. The van der Waals surface area contributed by atoms with E-state index < -0.39 is 5.97 Å². The maximum Gasteiger partial charge on any atom is 0.307 e. The Labute approximate surface area is 205 Å². The van der Waals surface area contributed by atoms with Crippen LogP contribution in [-0.2, 0) is 24.4 Å². The van der Waals surface area contributed by atoms with E-state index in [-0.39, 0.29) is 31.4 Å². The highest BCUT2D eigenvalue weighted by molar-refractivity contribution is 5.87. The molecule has 0 saturated carbocycles. The van der Waals surface area contributed by atoms with E-state index in [4.69, 9.17) is 15.6 Å². The average molecular weight is 478 g/mol. The van der Waals surface area contributed by atoms with Crippen LogP contribution in [0.15, 0.2) is 60.7 Å². The van der Waals surface area contributed by atoms with Gasteiger partial charge >= 0.3 is 5.97 Å². The van der Waals surface area contributed by atoms with Crippen LogP contribution in [0.5, 0.6) is 5.75 Å². The summed E-state index contributed by atoms with van der Waals surface area (Å²) in [5, 5.41) is 14.8. The third kappa shape index (κ3) is 5.69. The van der Waals surface area contributed by atoms with Gasteiger partial charge in [-0.1, -0.05) is 56.3 Å².